The van der Waals surface area contributed by atoms with Crippen LogP contribution in [0.2, 0.25) is 0 Å². The molecule has 2 heterocycles. The van der Waals surface area contributed by atoms with Gasteiger partial charge in [-0.1, -0.05) is 0 Å². The molecule has 1 aliphatic heterocycles. The highest BCUT2D eigenvalue weighted by Crippen LogP contribution is 2.24. The summed E-state index contributed by atoms with van der Waals surface area (Å²) in [4.78, 5) is 19.1. The first-order valence-corrected chi connectivity index (χ1v) is 9.75. The Morgan fingerprint density at radius 1 is 0.931 bits per heavy atom. The van der Waals surface area contributed by atoms with Gasteiger partial charge in [0.2, 0.25) is 0 Å². The van der Waals surface area contributed by atoms with Crippen LogP contribution in [0, 0.1) is 0 Å². The van der Waals surface area contributed by atoms with E-state index in [9.17, 15) is 4.79 Å². The van der Waals surface area contributed by atoms with Gasteiger partial charge in [0.05, 0.1) is 19.0 Å². The highest BCUT2D eigenvalue weighted by atomic mass is 16.5. The molecule has 1 amide bonds. The second-order valence-electron chi connectivity index (χ2n) is 6.98. The molecule has 0 unspecified atom stereocenters. The molecule has 1 saturated heterocycles. The van der Waals surface area contributed by atoms with E-state index in [0.29, 0.717) is 17.1 Å². The van der Waals surface area contributed by atoms with Gasteiger partial charge in [0.15, 0.2) is 0 Å². The minimum Gasteiger partial charge on any atom is -0.497 e. The predicted molar refractivity (Wildman–Crippen MR) is 116 cm³/mol. The van der Waals surface area contributed by atoms with Crippen molar-refractivity contribution in [3.05, 3.63) is 72.4 Å². The van der Waals surface area contributed by atoms with Crippen molar-refractivity contribution in [1.82, 2.24) is 4.98 Å². The summed E-state index contributed by atoms with van der Waals surface area (Å²) in [6, 6.07) is 19.1. The van der Waals surface area contributed by atoms with Gasteiger partial charge in [0.25, 0.3) is 5.91 Å². The number of aromatic nitrogens is 1. The number of pyridine rings is 1. The number of carbonyl (C=O) groups excluding carboxylic acids is 1. The van der Waals surface area contributed by atoms with Gasteiger partial charge in [0, 0.05) is 30.0 Å². The predicted octanol–water partition coefficient (Wildman–Crippen LogP) is 4.69. The van der Waals surface area contributed by atoms with E-state index >= 15 is 0 Å². The second-order valence-corrected chi connectivity index (χ2v) is 6.98. The number of anilines is 4. The SMILES string of the molecule is COc1ccc(C(=O)Nc2ccc(Nc3ccc(N4CCCC4)cc3)cn2)cc1. The summed E-state index contributed by atoms with van der Waals surface area (Å²) in [5.74, 6) is 1.00. The third kappa shape index (κ3) is 4.66. The first-order valence-electron chi connectivity index (χ1n) is 9.75. The lowest BCUT2D eigenvalue weighted by Gasteiger charge is -2.18. The molecule has 1 fully saturated rings. The van der Waals surface area contributed by atoms with Crippen LogP contribution in [0.4, 0.5) is 22.9 Å². The van der Waals surface area contributed by atoms with Crippen LogP contribution < -0.4 is 20.3 Å². The maximum absolute atomic E-state index is 12.3. The van der Waals surface area contributed by atoms with E-state index in [0.717, 1.165) is 24.5 Å². The summed E-state index contributed by atoms with van der Waals surface area (Å²) >= 11 is 0. The molecule has 0 atom stereocenters. The lowest BCUT2D eigenvalue weighted by Crippen LogP contribution is -2.17. The summed E-state index contributed by atoms with van der Waals surface area (Å²) < 4.78 is 5.11. The summed E-state index contributed by atoms with van der Waals surface area (Å²) in [6.07, 6.45) is 4.25. The zero-order chi connectivity index (χ0) is 20.1. The fourth-order valence-electron chi connectivity index (χ4n) is 3.37. The number of benzene rings is 2. The lowest BCUT2D eigenvalue weighted by molar-refractivity contribution is 0.102. The topological polar surface area (TPSA) is 66.5 Å². The third-order valence-electron chi connectivity index (χ3n) is 4.98. The molecular weight excluding hydrogens is 364 g/mol. The smallest absolute Gasteiger partial charge is 0.256 e. The van der Waals surface area contributed by atoms with E-state index in [1.807, 2.05) is 6.07 Å². The van der Waals surface area contributed by atoms with Crippen LogP contribution in [0.15, 0.2) is 66.9 Å². The van der Waals surface area contributed by atoms with Gasteiger partial charge in [-0.25, -0.2) is 4.98 Å². The number of nitrogens with zero attached hydrogens (tertiary/aromatic N) is 2. The number of rotatable bonds is 6. The zero-order valence-corrected chi connectivity index (χ0v) is 16.4. The van der Waals surface area contributed by atoms with E-state index < -0.39 is 0 Å². The molecule has 0 bridgehead atoms. The third-order valence-corrected chi connectivity index (χ3v) is 4.98. The Bertz CT molecular complexity index is 948. The van der Waals surface area contributed by atoms with Crippen LogP contribution in [0.5, 0.6) is 5.75 Å². The molecule has 3 aromatic rings. The zero-order valence-electron chi connectivity index (χ0n) is 16.4. The number of amides is 1. The lowest BCUT2D eigenvalue weighted by atomic mass is 10.2. The van der Waals surface area contributed by atoms with E-state index in [1.54, 1.807) is 43.6 Å². The molecule has 1 aromatic heterocycles. The Morgan fingerprint density at radius 2 is 1.62 bits per heavy atom. The molecule has 2 N–H and O–H groups in total. The van der Waals surface area contributed by atoms with Gasteiger partial charge in [-0.3, -0.25) is 4.79 Å². The van der Waals surface area contributed by atoms with Crippen molar-refractivity contribution in [3.63, 3.8) is 0 Å². The van der Waals surface area contributed by atoms with E-state index in [1.165, 1.54) is 18.5 Å². The molecule has 4 rings (SSSR count). The Hall–Kier alpha value is -3.54. The van der Waals surface area contributed by atoms with Crippen LogP contribution in [0.25, 0.3) is 0 Å². The molecule has 0 radical (unpaired) electrons. The van der Waals surface area contributed by atoms with Crippen molar-refractivity contribution in [2.24, 2.45) is 0 Å². The van der Waals surface area contributed by atoms with Crippen LogP contribution in [0.1, 0.15) is 23.2 Å². The van der Waals surface area contributed by atoms with Gasteiger partial charge in [0.1, 0.15) is 11.6 Å². The molecular formula is C23H24N4O2. The number of hydrogen-bond acceptors (Lipinski definition) is 5. The number of nitrogens with one attached hydrogen (secondary N) is 2. The van der Waals surface area contributed by atoms with Crippen LogP contribution >= 0.6 is 0 Å². The molecule has 0 aliphatic carbocycles. The van der Waals surface area contributed by atoms with Crippen LogP contribution in [-0.2, 0) is 0 Å². The van der Waals surface area contributed by atoms with Gasteiger partial charge in [-0.15, -0.1) is 0 Å². The number of hydrogen-bond donors (Lipinski definition) is 2. The molecule has 6 nitrogen and oxygen atoms in total. The molecule has 0 saturated carbocycles. The average molecular weight is 388 g/mol. The summed E-state index contributed by atoms with van der Waals surface area (Å²) in [5, 5.41) is 6.14. The summed E-state index contributed by atoms with van der Waals surface area (Å²) in [5.41, 5.74) is 3.68. The van der Waals surface area contributed by atoms with E-state index in [2.05, 4.69) is 44.8 Å². The van der Waals surface area contributed by atoms with Crippen molar-refractivity contribution in [2.45, 2.75) is 12.8 Å². The first kappa shape index (κ1) is 18.8. The van der Waals surface area contributed by atoms with Crippen molar-refractivity contribution >= 4 is 28.8 Å². The first-order chi connectivity index (χ1) is 14.2. The fraction of sp³-hybridized carbons (Fsp3) is 0.217. The van der Waals surface area contributed by atoms with Crippen molar-refractivity contribution in [3.8, 4) is 5.75 Å². The van der Waals surface area contributed by atoms with Crippen molar-refractivity contribution in [1.29, 1.82) is 0 Å². The van der Waals surface area contributed by atoms with Crippen LogP contribution in [0.3, 0.4) is 0 Å². The molecule has 0 spiro atoms. The van der Waals surface area contributed by atoms with Gasteiger partial charge < -0.3 is 20.3 Å². The number of methoxy groups -OCH3 is 1. The van der Waals surface area contributed by atoms with Gasteiger partial charge in [-0.05, 0) is 73.5 Å². The highest BCUT2D eigenvalue weighted by molar-refractivity contribution is 6.03. The molecule has 2 aromatic carbocycles. The Kier molecular flexibility index (Phi) is 5.61. The second kappa shape index (κ2) is 8.65. The normalized spacial score (nSPS) is 13.2. The standard InChI is InChI=1S/C23H24N4O2/c1-29-21-11-4-17(5-12-21)23(28)26-22-13-8-19(16-24-22)25-18-6-9-20(10-7-18)27-14-2-3-15-27/h4-13,16,25H,2-3,14-15H2,1H3,(H,24,26,28). The maximum Gasteiger partial charge on any atom is 0.256 e. The minimum atomic E-state index is -0.210. The van der Waals surface area contributed by atoms with Crippen molar-refractivity contribution in [2.75, 3.05) is 35.7 Å². The molecule has 1 aliphatic rings. The Morgan fingerprint density at radius 3 is 2.24 bits per heavy atom. The molecule has 148 valence electrons. The quantitative estimate of drug-likeness (QED) is 0.641. The maximum atomic E-state index is 12.3. The van der Waals surface area contributed by atoms with Gasteiger partial charge in [-0.2, -0.15) is 0 Å². The monoisotopic (exact) mass is 388 g/mol. The minimum absolute atomic E-state index is 0.210. The molecule has 6 heteroatoms. The van der Waals surface area contributed by atoms with E-state index in [4.69, 9.17) is 4.74 Å². The van der Waals surface area contributed by atoms with E-state index in [-0.39, 0.29) is 5.91 Å². The number of carbonyl (C=O) groups is 1. The van der Waals surface area contributed by atoms with Gasteiger partial charge >= 0.3 is 0 Å². The van der Waals surface area contributed by atoms with Crippen molar-refractivity contribution < 1.29 is 9.53 Å². The summed E-state index contributed by atoms with van der Waals surface area (Å²) in [7, 11) is 1.59. The highest BCUT2D eigenvalue weighted by Gasteiger charge is 2.12. The Labute approximate surface area is 170 Å². The van der Waals surface area contributed by atoms with Crippen LogP contribution in [-0.4, -0.2) is 31.1 Å². The fourth-order valence-corrected chi connectivity index (χ4v) is 3.37. The average Bonchev–Trinajstić information content (AvgIpc) is 3.31. The summed E-state index contributed by atoms with van der Waals surface area (Å²) in [6.45, 7) is 2.28. The number of ether oxygens (including phenoxy) is 1. The Balaban J connectivity index is 1.35. The molecule has 29 heavy (non-hydrogen) atoms. The largest absolute Gasteiger partial charge is 0.497 e.